The predicted molar refractivity (Wildman–Crippen MR) is 89.3 cm³/mol. The summed E-state index contributed by atoms with van der Waals surface area (Å²) in [4.78, 5) is 36.1. The Hall–Kier alpha value is -2.57. The highest BCUT2D eigenvalue weighted by molar-refractivity contribution is 5.99. The Bertz CT molecular complexity index is 629. The first-order chi connectivity index (χ1) is 11.5. The summed E-state index contributed by atoms with van der Waals surface area (Å²) in [5, 5.41) is 11.3. The molecule has 7 heteroatoms. The first-order valence-corrected chi connectivity index (χ1v) is 8.10. The molecule has 0 spiro atoms. The third kappa shape index (κ3) is 4.71. The lowest BCUT2D eigenvalue weighted by Crippen LogP contribution is -2.39. The third-order valence-electron chi connectivity index (χ3n) is 3.74. The van der Waals surface area contributed by atoms with Crippen LogP contribution in [0.2, 0.25) is 0 Å². The van der Waals surface area contributed by atoms with Crippen molar-refractivity contribution in [2.45, 2.75) is 39.0 Å². The van der Waals surface area contributed by atoms with Gasteiger partial charge in [0.15, 0.2) is 6.61 Å². The van der Waals surface area contributed by atoms with Gasteiger partial charge in [0.1, 0.15) is 5.75 Å². The number of rotatable bonds is 8. The molecule has 0 bridgehead atoms. The van der Waals surface area contributed by atoms with Crippen LogP contribution in [0.4, 0.5) is 11.4 Å². The first kappa shape index (κ1) is 17.8. The third-order valence-corrected chi connectivity index (χ3v) is 3.74. The van der Waals surface area contributed by atoms with Gasteiger partial charge in [-0.15, -0.1) is 0 Å². The fraction of sp³-hybridized carbons (Fsp3) is 0.471. The Kier molecular flexibility index (Phi) is 6.17. The topological polar surface area (TPSA) is 95.9 Å². The molecule has 0 radical (unpaired) electrons. The van der Waals surface area contributed by atoms with Crippen LogP contribution in [0.15, 0.2) is 18.2 Å². The van der Waals surface area contributed by atoms with E-state index in [9.17, 15) is 14.4 Å². The van der Waals surface area contributed by atoms with Crippen molar-refractivity contribution in [3.05, 3.63) is 18.2 Å². The summed E-state index contributed by atoms with van der Waals surface area (Å²) >= 11 is 0. The normalized spacial score (nSPS) is 13.2. The van der Waals surface area contributed by atoms with E-state index < -0.39 is 5.97 Å². The number of unbranched alkanes of at least 4 members (excludes halogenated alkanes) is 2. The molecule has 24 heavy (non-hydrogen) atoms. The quantitative estimate of drug-likeness (QED) is 0.712. The lowest BCUT2D eigenvalue weighted by molar-refractivity contribution is -0.138. The summed E-state index contributed by atoms with van der Waals surface area (Å²) in [6, 6.07) is 5.08. The zero-order valence-electron chi connectivity index (χ0n) is 13.7. The van der Waals surface area contributed by atoms with Crippen LogP contribution in [-0.2, 0) is 14.4 Å². The monoisotopic (exact) mass is 334 g/mol. The number of carbonyl (C=O) groups is 3. The summed E-state index contributed by atoms with van der Waals surface area (Å²) in [5.74, 6) is -0.891. The number of carboxylic acid groups (broad SMARTS) is 1. The molecule has 0 aliphatic carbocycles. The second kappa shape index (κ2) is 8.33. The van der Waals surface area contributed by atoms with Gasteiger partial charge in [0.25, 0.3) is 5.91 Å². The molecule has 1 heterocycles. The minimum Gasteiger partial charge on any atom is -0.482 e. The maximum atomic E-state index is 12.1. The van der Waals surface area contributed by atoms with Crippen LogP contribution in [0.25, 0.3) is 0 Å². The zero-order chi connectivity index (χ0) is 17.5. The fourth-order valence-corrected chi connectivity index (χ4v) is 2.49. The summed E-state index contributed by atoms with van der Waals surface area (Å²) in [5.41, 5.74) is 1.15. The number of amides is 2. The molecule has 2 amide bonds. The highest BCUT2D eigenvalue weighted by Gasteiger charge is 2.25. The molecule has 0 unspecified atom stereocenters. The first-order valence-electron chi connectivity index (χ1n) is 8.10. The zero-order valence-corrected chi connectivity index (χ0v) is 13.7. The second-order valence-electron chi connectivity index (χ2n) is 5.67. The van der Waals surface area contributed by atoms with Crippen molar-refractivity contribution in [1.29, 1.82) is 0 Å². The number of hydrogen-bond donors (Lipinski definition) is 2. The van der Waals surface area contributed by atoms with Gasteiger partial charge >= 0.3 is 5.97 Å². The fourth-order valence-electron chi connectivity index (χ4n) is 2.49. The molecule has 2 N–H and O–H groups in total. The lowest BCUT2D eigenvalue weighted by Gasteiger charge is -2.29. The van der Waals surface area contributed by atoms with E-state index in [4.69, 9.17) is 9.84 Å². The van der Waals surface area contributed by atoms with Crippen molar-refractivity contribution in [1.82, 2.24) is 0 Å². The lowest BCUT2D eigenvalue weighted by atomic mass is 10.1. The van der Waals surface area contributed by atoms with E-state index in [0.717, 1.165) is 19.3 Å². The maximum absolute atomic E-state index is 12.1. The average molecular weight is 334 g/mol. The number of nitrogens with one attached hydrogen (secondary N) is 1. The number of ether oxygens (including phenoxy) is 1. The van der Waals surface area contributed by atoms with Crippen LogP contribution in [0.5, 0.6) is 5.75 Å². The number of carbonyl (C=O) groups excluding carboxylic acids is 2. The number of carboxylic acids is 1. The van der Waals surface area contributed by atoms with E-state index in [0.29, 0.717) is 23.7 Å². The molecule has 7 nitrogen and oxygen atoms in total. The molecule has 0 saturated carbocycles. The molecule has 1 aliphatic heterocycles. The number of anilines is 2. The number of nitrogens with zero attached hydrogens (tertiary/aromatic N) is 1. The van der Waals surface area contributed by atoms with E-state index in [1.165, 1.54) is 0 Å². The van der Waals surface area contributed by atoms with Gasteiger partial charge in [0.2, 0.25) is 5.91 Å². The average Bonchev–Trinajstić information content (AvgIpc) is 2.55. The molecular weight excluding hydrogens is 312 g/mol. The Morgan fingerprint density at radius 1 is 1.29 bits per heavy atom. The van der Waals surface area contributed by atoms with Crippen molar-refractivity contribution in [2.75, 3.05) is 23.4 Å². The summed E-state index contributed by atoms with van der Waals surface area (Å²) < 4.78 is 5.43. The van der Waals surface area contributed by atoms with Gasteiger partial charge in [-0.3, -0.25) is 14.4 Å². The second-order valence-corrected chi connectivity index (χ2v) is 5.67. The van der Waals surface area contributed by atoms with E-state index in [2.05, 4.69) is 12.2 Å². The van der Waals surface area contributed by atoms with Gasteiger partial charge in [0.05, 0.1) is 12.1 Å². The van der Waals surface area contributed by atoms with E-state index in [1.54, 1.807) is 23.1 Å². The van der Waals surface area contributed by atoms with E-state index >= 15 is 0 Å². The molecule has 0 atom stereocenters. The molecule has 1 aromatic rings. The Balaban J connectivity index is 2.10. The molecule has 2 rings (SSSR count). The highest BCUT2D eigenvalue weighted by Crippen LogP contribution is 2.34. The Morgan fingerprint density at radius 3 is 2.79 bits per heavy atom. The van der Waals surface area contributed by atoms with Crippen LogP contribution in [-0.4, -0.2) is 36.0 Å². The summed E-state index contributed by atoms with van der Waals surface area (Å²) in [7, 11) is 0. The van der Waals surface area contributed by atoms with Crippen molar-refractivity contribution in [3.63, 3.8) is 0 Å². The molecule has 1 aromatic carbocycles. The van der Waals surface area contributed by atoms with E-state index in [1.807, 2.05) is 0 Å². The molecule has 0 aromatic heterocycles. The van der Waals surface area contributed by atoms with Crippen molar-refractivity contribution < 1.29 is 24.2 Å². The Morgan fingerprint density at radius 2 is 2.08 bits per heavy atom. The SMILES string of the molecule is CCCCCN1C(=O)COc2ccc(NC(=O)CCC(=O)O)cc21. The minimum atomic E-state index is -1.02. The van der Waals surface area contributed by atoms with Crippen LogP contribution in [0.3, 0.4) is 0 Å². The maximum Gasteiger partial charge on any atom is 0.303 e. The standard InChI is InChI=1S/C17H22N2O5/c1-2-3-4-9-19-13-10-12(18-15(20)7-8-17(22)23)5-6-14(13)24-11-16(19)21/h5-6,10H,2-4,7-9,11H2,1H3,(H,18,20)(H,22,23). The minimum absolute atomic E-state index is 0.0173. The van der Waals surface area contributed by atoms with Crippen LogP contribution < -0.4 is 15.0 Å². The molecular formula is C17H22N2O5. The predicted octanol–water partition coefficient (Wildman–Crippen LogP) is 2.41. The largest absolute Gasteiger partial charge is 0.482 e. The van der Waals surface area contributed by atoms with Crippen molar-refractivity contribution in [3.8, 4) is 5.75 Å². The van der Waals surface area contributed by atoms with Crippen LogP contribution in [0, 0.1) is 0 Å². The number of benzene rings is 1. The summed E-state index contributed by atoms with van der Waals surface area (Å²) in [6.45, 7) is 2.72. The smallest absolute Gasteiger partial charge is 0.303 e. The van der Waals surface area contributed by atoms with Crippen LogP contribution >= 0.6 is 0 Å². The number of fused-ring (bicyclic) bond motifs is 1. The number of aliphatic carboxylic acids is 1. The van der Waals surface area contributed by atoms with Gasteiger partial charge in [-0.05, 0) is 24.6 Å². The Labute approximate surface area is 140 Å². The van der Waals surface area contributed by atoms with Gasteiger partial charge in [-0.25, -0.2) is 0 Å². The molecule has 0 fully saturated rings. The van der Waals surface area contributed by atoms with Crippen LogP contribution in [0.1, 0.15) is 39.0 Å². The van der Waals surface area contributed by atoms with Gasteiger partial charge in [0, 0.05) is 18.7 Å². The van der Waals surface area contributed by atoms with Gasteiger partial charge < -0.3 is 20.1 Å². The molecule has 130 valence electrons. The molecule has 0 saturated heterocycles. The summed E-state index contributed by atoms with van der Waals surface area (Å²) in [6.07, 6.45) is 2.68. The van der Waals surface area contributed by atoms with Crippen molar-refractivity contribution in [2.24, 2.45) is 0 Å². The molecule has 1 aliphatic rings. The van der Waals surface area contributed by atoms with Gasteiger partial charge in [-0.2, -0.15) is 0 Å². The number of hydrogen-bond acceptors (Lipinski definition) is 4. The van der Waals surface area contributed by atoms with Crippen molar-refractivity contribution >= 4 is 29.2 Å². The van der Waals surface area contributed by atoms with Gasteiger partial charge in [-0.1, -0.05) is 19.8 Å². The highest BCUT2D eigenvalue weighted by atomic mass is 16.5. The van der Waals surface area contributed by atoms with E-state index in [-0.39, 0.29) is 31.3 Å².